The lowest BCUT2D eigenvalue weighted by molar-refractivity contribution is 0.0740. The van der Waals surface area contributed by atoms with Gasteiger partial charge in [-0.3, -0.25) is 4.79 Å². The van der Waals surface area contributed by atoms with E-state index in [1.807, 2.05) is 18.2 Å². The van der Waals surface area contributed by atoms with Gasteiger partial charge >= 0.3 is 0 Å². The Kier molecular flexibility index (Phi) is 2.99. The predicted molar refractivity (Wildman–Crippen MR) is 83.1 cm³/mol. The predicted octanol–water partition coefficient (Wildman–Crippen LogP) is 3.58. The molecule has 0 saturated heterocycles. The Morgan fingerprint density at radius 3 is 2.61 bits per heavy atom. The second-order valence-corrected chi connectivity index (χ2v) is 6.34. The third kappa shape index (κ3) is 2.12. The fraction of sp³-hybridized carbons (Fsp3) is 0.263. The van der Waals surface area contributed by atoms with Crippen LogP contribution in [0.2, 0.25) is 0 Å². The highest BCUT2D eigenvalue weighted by molar-refractivity contribution is 5.99. The van der Waals surface area contributed by atoms with E-state index in [0.717, 1.165) is 12.8 Å². The number of fused-ring (bicyclic) bond motifs is 1. The molecule has 1 heterocycles. The summed E-state index contributed by atoms with van der Waals surface area (Å²) in [6.07, 6.45) is 2.01. The summed E-state index contributed by atoms with van der Waals surface area (Å²) in [6.45, 7) is 0.504. The van der Waals surface area contributed by atoms with Crippen LogP contribution in [0.15, 0.2) is 48.5 Å². The van der Waals surface area contributed by atoms with Gasteiger partial charge in [-0.2, -0.15) is 5.26 Å². The Labute approximate surface area is 134 Å². The van der Waals surface area contributed by atoms with Gasteiger partial charge in [0.25, 0.3) is 5.91 Å². The molecular formula is C19H15FN2O. The Hall–Kier alpha value is -2.67. The second kappa shape index (κ2) is 4.92. The number of carbonyl (C=O) groups excluding carboxylic acids is 1. The van der Waals surface area contributed by atoms with Crippen molar-refractivity contribution in [3.63, 3.8) is 0 Å². The maximum absolute atomic E-state index is 13.5. The van der Waals surface area contributed by atoms with Gasteiger partial charge in [0, 0.05) is 23.1 Å². The third-order valence-corrected chi connectivity index (χ3v) is 4.95. The zero-order valence-electron chi connectivity index (χ0n) is 12.5. The first-order chi connectivity index (χ1) is 11.1. The van der Waals surface area contributed by atoms with Crippen molar-refractivity contribution >= 4 is 5.91 Å². The lowest BCUT2D eigenvalue weighted by Crippen LogP contribution is -2.35. The minimum absolute atomic E-state index is 0.0629. The van der Waals surface area contributed by atoms with Crippen molar-refractivity contribution in [3.05, 3.63) is 71.0 Å². The van der Waals surface area contributed by atoms with E-state index in [0.29, 0.717) is 17.7 Å². The van der Waals surface area contributed by atoms with E-state index < -0.39 is 11.9 Å². The summed E-state index contributed by atoms with van der Waals surface area (Å²) in [5.41, 5.74) is 2.07. The minimum Gasteiger partial charge on any atom is -0.318 e. The topological polar surface area (TPSA) is 44.1 Å². The van der Waals surface area contributed by atoms with Crippen LogP contribution in [0.25, 0.3) is 0 Å². The maximum Gasteiger partial charge on any atom is 0.255 e. The molecule has 1 unspecified atom stereocenters. The zero-order valence-corrected chi connectivity index (χ0v) is 12.5. The molecule has 0 bridgehead atoms. The zero-order chi connectivity index (χ0) is 16.0. The lowest BCUT2D eigenvalue weighted by atomic mass is 9.95. The molecule has 1 atom stereocenters. The summed E-state index contributed by atoms with van der Waals surface area (Å²) >= 11 is 0. The van der Waals surface area contributed by atoms with Crippen molar-refractivity contribution in [1.82, 2.24) is 4.90 Å². The second-order valence-electron chi connectivity index (χ2n) is 6.34. The molecule has 4 heteroatoms. The van der Waals surface area contributed by atoms with Gasteiger partial charge < -0.3 is 4.90 Å². The molecule has 3 nitrogen and oxygen atoms in total. The van der Waals surface area contributed by atoms with Gasteiger partial charge in [0.15, 0.2) is 0 Å². The fourth-order valence-electron chi connectivity index (χ4n) is 3.50. The van der Waals surface area contributed by atoms with Crippen LogP contribution in [0.3, 0.4) is 0 Å². The Morgan fingerprint density at radius 1 is 1.22 bits per heavy atom. The molecule has 2 aliphatic rings. The molecule has 4 rings (SSSR count). The molecule has 0 spiro atoms. The molecule has 1 saturated carbocycles. The van der Waals surface area contributed by atoms with E-state index in [1.54, 1.807) is 4.90 Å². The molecule has 1 fully saturated rings. The van der Waals surface area contributed by atoms with Crippen LogP contribution in [0.1, 0.15) is 40.4 Å². The average molecular weight is 306 g/mol. The highest BCUT2D eigenvalue weighted by Gasteiger charge is 2.49. The molecule has 114 valence electrons. The molecule has 23 heavy (non-hydrogen) atoms. The van der Waals surface area contributed by atoms with Gasteiger partial charge in [-0.1, -0.05) is 30.3 Å². The van der Waals surface area contributed by atoms with Crippen LogP contribution >= 0.6 is 0 Å². The van der Waals surface area contributed by atoms with Crippen LogP contribution in [0.5, 0.6) is 0 Å². The van der Waals surface area contributed by atoms with Crippen molar-refractivity contribution in [1.29, 1.82) is 5.26 Å². The molecule has 0 aromatic heterocycles. The molecule has 2 aromatic carbocycles. The number of halogens is 1. The van der Waals surface area contributed by atoms with Crippen molar-refractivity contribution in [3.8, 4) is 6.07 Å². The first kappa shape index (κ1) is 14.0. The van der Waals surface area contributed by atoms with Crippen molar-refractivity contribution in [2.45, 2.75) is 24.3 Å². The quantitative estimate of drug-likeness (QED) is 0.870. The molecule has 0 N–H and O–H groups in total. The van der Waals surface area contributed by atoms with Crippen LogP contribution in [0.4, 0.5) is 4.39 Å². The summed E-state index contributed by atoms with van der Waals surface area (Å²) in [5, 5.41) is 9.51. The number of benzene rings is 2. The minimum atomic E-state index is -0.700. The summed E-state index contributed by atoms with van der Waals surface area (Å²) in [6, 6.07) is 15.6. The highest BCUT2D eigenvalue weighted by Crippen LogP contribution is 2.50. The number of rotatable bonds is 3. The lowest BCUT2D eigenvalue weighted by Gasteiger charge is -2.26. The fourth-order valence-corrected chi connectivity index (χ4v) is 3.50. The Bertz CT molecular complexity index is 821. The molecule has 1 aliphatic heterocycles. The van der Waals surface area contributed by atoms with E-state index in [2.05, 4.69) is 18.2 Å². The molecule has 2 aromatic rings. The van der Waals surface area contributed by atoms with Gasteiger partial charge in [-0.25, -0.2) is 4.39 Å². The van der Waals surface area contributed by atoms with E-state index in [9.17, 15) is 14.4 Å². The van der Waals surface area contributed by atoms with Crippen LogP contribution in [0, 0.1) is 17.1 Å². The van der Waals surface area contributed by atoms with Gasteiger partial charge in [0.2, 0.25) is 0 Å². The number of nitriles is 1. The van der Waals surface area contributed by atoms with Crippen molar-refractivity contribution in [2.24, 2.45) is 0 Å². The number of hydrogen-bond acceptors (Lipinski definition) is 2. The van der Waals surface area contributed by atoms with Crippen molar-refractivity contribution < 1.29 is 9.18 Å². The first-order valence-corrected chi connectivity index (χ1v) is 7.70. The number of hydrogen-bond donors (Lipinski definition) is 0. The number of nitrogens with zero attached hydrogens (tertiary/aromatic N) is 2. The van der Waals surface area contributed by atoms with E-state index in [4.69, 9.17) is 0 Å². The largest absolute Gasteiger partial charge is 0.318 e. The third-order valence-electron chi connectivity index (χ3n) is 4.95. The summed E-state index contributed by atoms with van der Waals surface area (Å²) in [5.74, 6) is -0.586. The molecule has 1 amide bonds. The van der Waals surface area contributed by atoms with E-state index >= 15 is 0 Å². The monoisotopic (exact) mass is 306 g/mol. The summed E-state index contributed by atoms with van der Waals surface area (Å²) < 4.78 is 13.5. The van der Waals surface area contributed by atoms with Crippen LogP contribution < -0.4 is 0 Å². The SMILES string of the molecule is N#CC1c2cc(F)ccc2C(=O)N1CC1(c2ccccc2)CC1. The Morgan fingerprint density at radius 2 is 1.96 bits per heavy atom. The van der Waals surface area contributed by atoms with Gasteiger partial charge in [0.1, 0.15) is 11.9 Å². The van der Waals surface area contributed by atoms with E-state index in [1.165, 1.54) is 23.8 Å². The Balaban J connectivity index is 1.68. The molecule has 1 aliphatic carbocycles. The van der Waals surface area contributed by atoms with Crippen LogP contribution in [-0.4, -0.2) is 17.4 Å². The average Bonchev–Trinajstić information content (AvgIpc) is 3.31. The van der Waals surface area contributed by atoms with Crippen molar-refractivity contribution in [2.75, 3.05) is 6.54 Å². The molecular weight excluding hydrogens is 291 g/mol. The number of carbonyl (C=O) groups is 1. The molecule has 0 radical (unpaired) electrons. The van der Waals surface area contributed by atoms with Crippen LogP contribution in [-0.2, 0) is 5.41 Å². The highest BCUT2D eigenvalue weighted by atomic mass is 19.1. The smallest absolute Gasteiger partial charge is 0.255 e. The van der Waals surface area contributed by atoms with Gasteiger partial charge in [-0.15, -0.1) is 0 Å². The standard InChI is InChI=1S/C19H15FN2O/c20-14-6-7-15-16(10-14)17(11-21)22(18(15)23)12-19(8-9-19)13-4-2-1-3-5-13/h1-7,10,17H,8-9,12H2. The normalized spacial score (nSPS) is 21.0. The van der Waals surface area contributed by atoms with E-state index in [-0.39, 0.29) is 11.3 Å². The summed E-state index contributed by atoms with van der Waals surface area (Å²) in [4.78, 5) is 14.3. The van der Waals surface area contributed by atoms with Gasteiger partial charge in [-0.05, 0) is 36.6 Å². The first-order valence-electron chi connectivity index (χ1n) is 7.70. The van der Waals surface area contributed by atoms with Gasteiger partial charge in [0.05, 0.1) is 6.07 Å². The summed E-state index contributed by atoms with van der Waals surface area (Å²) in [7, 11) is 0. The number of amides is 1. The maximum atomic E-state index is 13.5.